The molecule has 0 saturated carbocycles. The van der Waals surface area contributed by atoms with Crippen LogP contribution in [0, 0.1) is 0 Å². The number of aromatic nitrogens is 2. The van der Waals surface area contributed by atoms with E-state index in [1.165, 1.54) is 0 Å². The van der Waals surface area contributed by atoms with Crippen LogP contribution in [0.5, 0.6) is 5.75 Å². The summed E-state index contributed by atoms with van der Waals surface area (Å²) in [6, 6.07) is 11.0. The monoisotopic (exact) mass is 355 g/mol. The van der Waals surface area contributed by atoms with E-state index in [1.807, 2.05) is 31.2 Å². The first kappa shape index (κ1) is 17.7. The fraction of sp³-hybridized carbons (Fsp3) is 0.316. The zero-order chi connectivity index (χ0) is 18.4. The summed E-state index contributed by atoms with van der Waals surface area (Å²) in [7, 11) is 1.61. The van der Waals surface area contributed by atoms with E-state index < -0.39 is 0 Å². The summed E-state index contributed by atoms with van der Waals surface area (Å²) in [4.78, 5) is 14.4. The van der Waals surface area contributed by atoms with Crippen molar-refractivity contribution >= 4 is 5.91 Å². The zero-order valence-electron chi connectivity index (χ0n) is 14.8. The Hall–Kier alpha value is -3.09. The van der Waals surface area contributed by atoms with Crippen molar-refractivity contribution in [2.24, 2.45) is 0 Å². The topological polar surface area (TPSA) is 81.6 Å². The molecule has 2 heterocycles. The Morgan fingerprint density at radius 2 is 2.12 bits per heavy atom. The highest BCUT2D eigenvalue weighted by atomic mass is 16.5. The Morgan fingerprint density at radius 3 is 2.85 bits per heavy atom. The van der Waals surface area contributed by atoms with Gasteiger partial charge in [-0.15, -0.1) is 10.2 Å². The maximum Gasteiger partial charge on any atom is 0.283 e. The molecule has 0 saturated heterocycles. The molecule has 0 aliphatic carbocycles. The predicted octanol–water partition coefficient (Wildman–Crippen LogP) is 3.32. The molecular formula is C19H21N3O4. The van der Waals surface area contributed by atoms with Crippen molar-refractivity contribution in [1.29, 1.82) is 0 Å². The standard InChI is InChI=1S/C19H21N3O4/c1-3-9-22(18(23)12-14-6-4-7-15(11-14)24-2)13-17-20-21-19(26-17)16-8-5-10-25-16/h4-8,10-11H,3,9,12-13H2,1-2H3. The Morgan fingerprint density at radius 1 is 1.23 bits per heavy atom. The molecule has 1 amide bonds. The lowest BCUT2D eigenvalue weighted by Gasteiger charge is -2.20. The summed E-state index contributed by atoms with van der Waals surface area (Å²) in [6.45, 7) is 2.90. The minimum Gasteiger partial charge on any atom is -0.497 e. The lowest BCUT2D eigenvalue weighted by Crippen LogP contribution is -2.32. The molecule has 0 fully saturated rings. The molecule has 26 heavy (non-hydrogen) atoms. The van der Waals surface area contributed by atoms with Gasteiger partial charge >= 0.3 is 0 Å². The van der Waals surface area contributed by atoms with Gasteiger partial charge < -0.3 is 18.5 Å². The molecule has 0 radical (unpaired) electrons. The second-order valence-corrected chi connectivity index (χ2v) is 5.82. The van der Waals surface area contributed by atoms with E-state index in [1.54, 1.807) is 30.4 Å². The molecule has 0 atom stereocenters. The first-order valence-electron chi connectivity index (χ1n) is 8.46. The van der Waals surface area contributed by atoms with Crippen LogP contribution in [-0.2, 0) is 17.8 Å². The molecule has 3 rings (SSSR count). The maximum atomic E-state index is 12.7. The lowest BCUT2D eigenvalue weighted by atomic mass is 10.1. The summed E-state index contributed by atoms with van der Waals surface area (Å²) >= 11 is 0. The van der Waals surface area contributed by atoms with Gasteiger partial charge in [0.15, 0.2) is 5.76 Å². The minimum absolute atomic E-state index is 0.00199. The molecule has 3 aromatic rings. The largest absolute Gasteiger partial charge is 0.497 e. The Balaban J connectivity index is 1.69. The van der Waals surface area contributed by atoms with Gasteiger partial charge in [0.05, 0.1) is 26.3 Å². The zero-order valence-corrected chi connectivity index (χ0v) is 14.8. The summed E-state index contributed by atoms with van der Waals surface area (Å²) in [5, 5.41) is 7.99. The quantitative estimate of drug-likeness (QED) is 0.616. The van der Waals surface area contributed by atoms with E-state index in [0.717, 1.165) is 17.7 Å². The van der Waals surface area contributed by atoms with Gasteiger partial charge in [-0.25, -0.2) is 0 Å². The molecule has 2 aromatic heterocycles. The molecule has 0 unspecified atom stereocenters. The first-order chi connectivity index (χ1) is 12.7. The average Bonchev–Trinajstić information content (AvgIpc) is 3.33. The molecule has 7 heteroatoms. The second kappa shape index (κ2) is 8.33. The van der Waals surface area contributed by atoms with Crippen molar-refractivity contribution < 1.29 is 18.4 Å². The van der Waals surface area contributed by atoms with E-state index in [9.17, 15) is 4.79 Å². The van der Waals surface area contributed by atoms with Crippen LogP contribution < -0.4 is 4.74 Å². The minimum atomic E-state index is -0.00199. The third-order valence-corrected chi connectivity index (χ3v) is 3.86. The van der Waals surface area contributed by atoms with Gasteiger partial charge in [-0.1, -0.05) is 19.1 Å². The van der Waals surface area contributed by atoms with Crippen LogP contribution in [0.3, 0.4) is 0 Å². The van der Waals surface area contributed by atoms with E-state index in [4.69, 9.17) is 13.6 Å². The smallest absolute Gasteiger partial charge is 0.283 e. The third kappa shape index (κ3) is 4.30. The number of hydrogen-bond acceptors (Lipinski definition) is 6. The first-order valence-corrected chi connectivity index (χ1v) is 8.46. The van der Waals surface area contributed by atoms with Crippen LogP contribution in [0.1, 0.15) is 24.8 Å². The number of furan rings is 1. The number of carbonyl (C=O) groups excluding carboxylic acids is 1. The number of carbonyl (C=O) groups is 1. The number of methoxy groups -OCH3 is 1. The van der Waals surface area contributed by atoms with Crippen LogP contribution in [0.2, 0.25) is 0 Å². The van der Waals surface area contributed by atoms with E-state index in [0.29, 0.717) is 24.1 Å². The predicted molar refractivity (Wildman–Crippen MR) is 94.4 cm³/mol. The Bertz CT molecular complexity index is 842. The number of nitrogens with zero attached hydrogens (tertiary/aromatic N) is 3. The SMILES string of the molecule is CCCN(Cc1nnc(-c2ccco2)o1)C(=O)Cc1cccc(OC)c1. The number of benzene rings is 1. The molecular weight excluding hydrogens is 334 g/mol. The van der Waals surface area contributed by atoms with Crippen molar-refractivity contribution in [2.75, 3.05) is 13.7 Å². The molecule has 0 spiro atoms. The lowest BCUT2D eigenvalue weighted by molar-refractivity contribution is -0.131. The fourth-order valence-electron chi connectivity index (χ4n) is 2.61. The summed E-state index contributed by atoms with van der Waals surface area (Å²) in [5.41, 5.74) is 0.900. The second-order valence-electron chi connectivity index (χ2n) is 5.82. The Kier molecular flexibility index (Phi) is 5.68. The highest BCUT2D eigenvalue weighted by Gasteiger charge is 2.18. The molecule has 1 aromatic carbocycles. The van der Waals surface area contributed by atoms with Gasteiger partial charge in [-0.05, 0) is 36.2 Å². The molecule has 136 valence electrons. The summed E-state index contributed by atoms with van der Waals surface area (Å²) < 4.78 is 16.1. The fourth-order valence-corrected chi connectivity index (χ4v) is 2.61. The highest BCUT2D eigenvalue weighted by molar-refractivity contribution is 5.78. The van der Waals surface area contributed by atoms with Crippen molar-refractivity contribution in [3.8, 4) is 17.4 Å². The van der Waals surface area contributed by atoms with E-state index >= 15 is 0 Å². The number of ether oxygens (including phenoxy) is 1. The summed E-state index contributed by atoms with van der Waals surface area (Å²) in [5.74, 6) is 1.93. The van der Waals surface area contributed by atoms with Gasteiger partial charge in [-0.3, -0.25) is 4.79 Å². The maximum absolute atomic E-state index is 12.7. The molecule has 7 nitrogen and oxygen atoms in total. The number of amides is 1. The van der Waals surface area contributed by atoms with Crippen molar-refractivity contribution in [1.82, 2.24) is 15.1 Å². The van der Waals surface area contributed by atoms with Gasteiger partial charge in [0.1, 0.15) is 5.75 Å². The molecule has 0 aliphatic heterocycles. The van der Waals surface area contributed by atoms with Crippen LogP contribution in [0.4, 0.5) is 0 Å². The van der Waals surface area contributed by atoms with Crippen LogP contribution in [-0.4, -0.2) is 34.7 Å². The highest BCUT2D eigenvalue weighted by Crippen LogP contribution is 2.19. The van der Waals surface area contributed by atoms with Crippen LogP contribution >= 0.6 is 0 Å². The van der Waals surface area contributed by atoms with Gasteiger partial charge in [-0.2, -0.15) is 0 Å². The Labute approximate surface area is 151 Å². The number of rotatable bonds is 8. The van der Waals surface area contributed by atoms with Crippen molar-refractivity contribution in [3.05, 3.63) is 54.1 Å². The van der Waals surface area contributed by atoms with Crippen molar-refractivity contribution in [3.63, 3.8) is 0 Å². The van der Waals surface area contributed by atoms with E-state index in [2.05, 4.69) is 10.2 Å². The molecule has 0 aliphatic rings. The van der Waals surface area contributed by atoms with Crippen LogP contribution in [0.25, 0.3) is 11.7 Å². The van der Waals surface area contributed by atoms with Gasteiger partial charge in [0, 0.05) is 6.54 Å². The molecule has 0 N–H and O–H groups in total. The average molecular weight is 355 g/mol. The summed E-state index contributed by atoms with van der Waals surface area (Å²) in [6.07, 6.45) is 2.67. The van der Waals surface area contributed by atoms with Crippen LogP contribution in [0.15, 0.2) is 51.5 Å². The third-order valence-electron chi connectivity index (χ3n) is 3.86. The number of hydrogen-bond donors (Lipinski definition) is 0. The van der Waals surface area contributed by atoms with E-state index in [-0.39, 0.29) is 18.9 Å². The van der Waals surface area contributed by atoms with Crippen molar-refractivity contribution in [2.45, 2.75) is 26.3 Å². The van der Waals surface area contributed by atoms with Gasteiger partial charge in [0.2, 0.25) is 11.8 Å². The van der Waals surface area contributed by atoms with Gasteiger partial charge in [0.25, 0.3) is 5.89 Å². The normalized spacial score (nSPS) is 10.7. The molecule has 0 bridgehead atoms.